The van der Waals surface area contributed by atoms with Crippen LogP contribution < -0.4 is 10.2 Å². The molecular weight excluding hydrogens is 248 g/mol. The summed E-state index contributed by atoms with van der Waals surface area (Å²) in [5.74, 6) is 1.01. The highest BCUT2D eigenvalue weighted by molar-refractivity contribution is 6.08. The molecule has 1 unspecified atom stereocenters. The Hall–Kier alpha value is -1.35. The molecule has 108 valence electrons. The predicted octanol–water partition coefficient (Wildman–Crippen LogP) is 2.70. The Bertz CT molecular complexity index is 503. The van der Waals surface area contributed by atoms with Gasteiger partial charge in [-0.3, -0.25) is 4.79 Å². The number of hydrogen-bond donors (Lipinski definition) is 1. The van der Waals surface area contributed by atoms with Crippen molar-refractivity contribution in [1.82, 2.24) is 5.32 Å². The van der Waals surface area contributed by atoms with Gasteiger partial charge in [-0.15, -0.1) is 0 Å². The van der Waals surface area contributed by atoms with Gasteiger partial charge in [0.25, 0.3) is 0 Å². The van der Waals surface area contributed by atoms with Gasteiger partial charge in [0.05, 0.1) is 5.41 Å². The number of hydrogen-bond acceptors (Lipinski definition) is 2. The molecule has 1 aromatic carbocycles. The molecule has 3 rings (SSSR count). The molecule has 1 atom stereocenters. The number of nitrogens with zero attached hydrogens (tertiary/aromatic N) is 1. The zero-order valence-electron chi connectivity index (χ0n) is 12.5. The molecule has 0 saturated carbocycles. The Kier molecular flexibility index (Phi) is 3.55. The van der Waals surface area contributed by atoms with Crippen molar-refractivity contribution in [2.24, 2.45) is 5.92 Å². The zero-order chi connectivity index (χ0) is 14.2. The maximum Gasteiger partial charge on any atom is 0.239 e. The topological polar surface area (TPSA) is 32.3 Å². The number of nitrogens with one attached hydrogen (secondary N) is 1. The summed E-state index contributed by atoms with van der Waals surface area (Å²) in [5.41, 5.74) is 2.10. The number of benzene rings is 1. The van der Waals surface area contributed by atoms with Crippen LogP contribution in [-0.4, -0.2) is 25.5 Å². The number of amides is 1. The summed E-state index contributed by atoms with van der Waals surface area (Å²) in [6.45, 7) is 7.07. The molecular formula is C17H24N2O. The van der Waals surface area contributed by atoms with Gasteiger partial charge in [-0.1, -0.05) is 32.0 Å². The van der Waals surface area contributed by atoms with E-state index < -0.39 is 0 Å². The van der Waals surface area contributed by atoms with Gasteiger partial charge in [0.1, 0.15) is 0 Å². The van der Waals surface area contributed by atoms with Gasteiger partial charge >= 0.3 is 0 Å². The van der Waals surface area contributed by atoms with Crippen LogP contribution in [0, 0.1) is 5.92 Å². The monoisotopic (exact) mass is 272 g/mol. The van der Waals surface area contributed by atoms with E-state index in [9.17, 15) is 4.79 Å². The van der Waals surface area contributed by atoms with Crippen molar-refractivity contribution in [2.75, 3.05) is 24.5 Å². The SMILES string of the molecule is CC(C)CCCN1C(=O)C2(CCNC2)c2ccccc21. The van der Waals surface area contributed by atoms with E-state index in [1.807, 2.05) is 11.0 Å². The lowest BCUT2D eigenvalue weighted by Crippen LogP contribution is -2.42. The standard InChI is InChI=1S/C17H24N2O/c1-13(2)6-5-11-19-15-8-4-3-7-14(15)17(16(19)20)9-10-18-12-17/h3-4,7-8,13,18H,5-6,9-12H2,1-2H3. The first kappa shape index (κ1) is 13.6. The van der Waals surface area contributed by atoms with Crippen LogP contribution in [0.5, 0.6) is 0 Å². The summed E-state index contributed by atoms with van der Waals surface area (Å²) < 4.78 is 0. The predicted molar refractivity (Wildman–Crippen MR) is 82.0 cm³/mol. The number of carbonyl (C=O) groups is 1. The number of rotatable bonds is 4. The third-order valence-electron chi connectivity index (χ3n) is 4.68. The summed E-state index contributed by atoms with van der Waals surface area (Å²) in [5, 5.41) is 3.37. The smallest absolute Gasteiger partial charge is 0.239 e. The maximum absolute atomic E-state index is 12.9. The van der Waals surface area contributed by atoms with Crippen molar-refractivity contribution in [2.45, 2.75) is 38.5 Å². The van der Waals surface area contributed by atoms with Crippen molar-refractivity contribution >= 4 is 11.6 Å². The molecule has 20 heavy (non-hydrogen) atoms. The molecule has 1 saturated heterocycles. The fourth-order valence-electron chi connectivity index (χ4n) is 3.58. The van der Waals surface area contributed by atoms with E-state index in [2.05, 4.69) is 37.4 Å². The van der Waals surface area contributed by atoms with Gasteiger partial charge in [0, 0.05) is 18.8 Å². The van der Waals surface area contributed by atoms with E-state index in [-0.39, 0.29) is 5.41 Å². The Balaban J connectivity index is 1.87. The van der Waals surface area contributed by atoms with Gasteiger partial charge in [-0.2, -0.15) is 0 Å². The van der Waals surface area contributed by atoms with Gasteiger partial charge < -0.3 is 10.2 Å². The Labute approximate surface area is 121 Å². The molecule has 0 aliphatic carbocycles. The molecule has 2 aliphatic rings. The highest BCUT2D eigenvalue weighted by Crippen LogP contribution is 2.45. The first-order valence-electron chi connectivity index (χ1n) is 7.77. The van der Waals surface area contributed by atoms with E-state index >= 15 is 0 Å². The molecule has 0 radical (unpaired) electrons. The van der Waals surface area contributed by atoms with Crippen molar-refractivity contribution in [3.63, 3.8) is 0 Å². The molecule has 1 aromatic rings. The molecule has 1 spiro atoms. The highest BCUT2D eigenvalue weighted by Gasteiger charge is 2.51. The van der Waals surface area contributed by atoms with Crippen LogP contribution in [0.1, 0.15) is 38.7 Å². The van der Waals surface area contributed by atoms with E-state index in [0.29, 0.717) is 11.8 Å². The molecule has 0 bridgehead atoms. The number of para-hydroxylation sites is 1. The van der Waals surface area contributed by atoms with Crippen LogP contribution in [0.15, 0.2) is 24.3 Å². The van der Waals surface area contributed by atoms with E-state index in [4.69, 9.17) is 0 Å². The second kappa shape index (κ2) is 5.21. The Morgan fingerprint density at radius 2 is 2.15 bits per heavy atom. The van der Waals surface area contributed by atoms with Gasteiger partial charge in [-0.05, 0) is 43.4 Å². The van der Waals surface area contributed by atoms with Crippen molar-refractivity contribution in [3.05, 3.63) is 29.8 Å². The fraction of sp³-hybridized carbons (Fsp3) is 0.588. The third-order valence-corrected chi connectivity index (χ3v) is 4.68. The van der Waals surface area contributed by atoms with Crippen LogP contribution in [0.4, 0.5) is 5.69 Å². The normalized spacial score (nSPS) is 24.9. The minimum absolute atomic E-state index is 0.283. The lowest BCUT2D eigenvalue weighted by molar-refractivity contribution is -0.122. The minimum Gasteiger partial charge on any atom is -0.315 e. The molecule has 1 fully saturated rings. The second-order valence-corrected chi connectivity index (χ2v) is 6.52. The molecule has 0 aromatic heterocycles. The van der Waals surface area contributed by atoms with Crippen LogP contribution in [0.25, 0.3) is 0 Å². The van der Waals surface area contributed by atoms with Crippen LogP contribution in [0.3, 0.4) is 0 Å². The second-order valence-electron chi connectivity index (χ2n) is 6.52. The van der Waals surface area contributed by atoms with E-state index in [1.165, 1.54) is 12.0 Å². The fourth-order valence-corrected chi connectivity index (χ4v) is 3.58. The maximum atomic E-state index is 12.9. The van der Waals surface area contributed by atoms with Gasteiger partial charge in [-0.25, -0.2) is 0 Å². The number of fused-ring (bicyclic) bond motifs is 2. The third kappa shape index (κ3) is 2.05. The van der Waals surface area contributed by atoms with Crippen LogP contribution in [-0.2, 0) is 10.2 Å². The highest BCUT2D eigenvalue weighted by atomic mass is 16.2. The molecule has 1 amide bonds. The summed E-state index contributed by atoms with van der Waals surface area (Å²) in [4.78, 5) is 15.0. The zero-order valence-corrected chi connectivity index (χ0v) is 12.5. The van der Waals surface area contributed by atoms with Crippen molar-refractivity contribution < 1.29 is 4.79 Å². The lowest BCUT2D eigenvalue weighted by Gasteiger charge is -2.23. The summed E-state index contributed by atoms with van der Waals surface area (Å²) in [6, 6.07) is 8.35. The molecule has 2 aliphatic heterocycles. The molecule has 2 heterocycles. The Morgan fingerprint density at radius 1 is 1.35 bits per heavy atom. The average Bonchev–Trinajstić information content (AvgIpc) is 3.00. The van der Waals surface area contributed by atoms with Crippen LogP contribution >= 0.6 is 0 Å². The molecule has 1 N–H and O–H groups in total. The first-order chi connectivity index (χ1) is 9.65. The van der Waals surface area contributed by atoms with E-state index in [0.717, 1.165) is 38.2 Å². The largest absolute Gasteiger partial charge is 0.315 e. The number of anilines is 1. The van der Waals surface area contributed by atoms with Crippen molar-refractivity contribution in [3.8, 4) is 0 Å². The average molecular weight is 272 g/mol. The lowest BCUT2D eigenvalue weighted by atomic mass is 9.81. The molecule has 3 nitrogen and oxygen atoms in total. The quantitative estimate of drug-likeness (QED) is 0.914. The summed E-state index contributed by atoms with van der Waals surface area (Å²) in [6.07, 6.45) is 3.20. The first-order valence-corrected chi connectivity index (χ1v) is 7.77. The summed E-state index contributed by atoms with van der Waals surface area (Å²) >= 11 is 0. The number of carbonyl (C=O) groups excluding carboxylic acids is 1. The van der Waals surface area contributed by atoms with Crippen LogP contribution in [0.2, 0.25) is 0 Å². The van der Waals surface area contributed by atoms with E-state index in [1.54, 1.807) is 0 Å². The van der Waals surface area contributed by atoms with Gasteiger partial charge in [0.2, 0.25) is 5.91 Å². The Morgan fingerprint density at radius 3 is 2.85 bits per heavy atom. The minimum atomic E-state index is -0.283. The van der Waals surface area contributed by atoms with Crippen molar-refractivity contribution in [1.29, 1.82) is 0 Å². The van der Waals surface area contributed by atoms with Gasteiger partial charge in [0.15, 0.2) is 0 Å². The summed E-state index contributed by atoms with van der Waals surface area (Å²) in [7, 11) is 0. The molecule has 3 heteroatoms.